The topological polar surface area (TPSA) is 74.6 Å². The van der Waals surface area contributed by atoms with Gasteiger partial charge in [0.1, 0.15) is 11.2 Å². The molecular formula is C66H46Br4O4. The predicted molar refractivity (Wildman–Crippen MR) is 313 cm³/mol. The number of carbonyl (C=O) groups is 2. The summed E-state index contributed by atoms with van der Waals surface area (Å²) >= 11 is 13.9. The molecule has 2 N–H and O–H groups in total. The average Bonchev–Trinajstić information content (AvgIpc) is 3.46. The maximum atomic E-state index is 12.8. The third-order valence-electron chi connectivity index (χ3n) is 13.7. The summed E-state index contributed by atoms with van der Waals surface area (Å²) in [5.74, 6) is -0.117. The number of hydrogen-bond acceptors (Lipinski definition) is 4. The smallest absolute Gasteiger partial charge is 0.194 e. The molecule has 0 fully saturated rings. The van der Waals surface area contributed by atoms with Gasteiger partial charge >= 0.3 is 0 Å². The molecule has 0 aromatic heterocycles. The molecule has 0 saturated carbocycles. The van der Waals surface area contributed by atoms with Gasteiger partial charge in [0.2, 0.25) is 0 Å². The number of hydrogen-bond donors (Lipinski definition) is 2. The molecule has 2 aliphatic rings. The van der Waals surface area contributed by atoms with Gasteiger partial charge in [-0.25, -0.2) is 0 Å². The molecule has 10 aromatic carbocycles. The highest BCUT2D eigenvalue weighted by atomic mass is 79.9. The van der Waals surface area contributed by atoms with E-state index < -0.39 is 11.2 Å². The zero-order valence-corrected chi connectivity index (χ0v) is 46.5. The van der Waals surface area contributed by atoms with Gasteiger partial charge in [-0.2, -0.15) is 0 Å². The lowest BCUT2D eigenvalue weighted by atomic mass is 9.63. The Morgan fingerprint density at radius 2 is 0.581 bits per heavy atom. The molecule has 2 aliphatic carbocycles. The van der Waals surface area contributed by atoms with Crippen molar-refractivity contribution < 1.29 is 19.8 Å². The van der Waals surface area contributed by atoms with E-state index >= 15 is 0 Å². The Hall–Kier alpha value is -6.62. The van der Waals surface area contributed by atoms with E-state index in [1.165, 1.54) is 11.1 Å². The number of aliphatic hydroxyl groups is 2. The van der Waals surface area contributed by atoms with Crippen molar-refractivity contribution in [2.45, 2.75) is 25.0 Å². The van der Waals surface area contributed by atoms with Crippen molar-refractivity contribution in [2.75, 3.05) is 0 Å². The Morgan fingerprint density at radius 1 is 0.297 bits per heavy atom. The molecule has 0 bridgehead atoms. The number of aryl methyl sites for hydroxylation is 2. The third-order valence-corrected chi connectivity index (χ3v) is 15.8. The Labute approximate surface area is 465 Å². The standard InChI is InChI=1S/C39H28Br2O2.C15H10O2.C12H8Br2/c1-25-6-23-36-37(24-25)39(43,31-17-9-27(10-18-31)29-13-21-33(41)22-14-29)35-5-3-2-4-34(35)38(36,42)30-15-7-26(8-16-30)28-11-19-32(40)20-12-28;1-9-6-7-12-13(8-9)15(17)11-5-3-2-4-10(11)14(12)16;13-11-5-1-9(2-6-11)10-3-7-12(14)8-4-10/h2-24,42-43H,1H3;2-8H,1H3;1-8H. The van der Waals surface area contributed by atoms with Gasteiger partial charge in [0.25, 0.3) is 0 Å². The van der Waals surface area contributed by atoms with Gasteiger partial charge in [-0.05, 0) is 135 Å². The summed E-state index contributed by atoms with van der Waals surface area (Å²) in [6, 6.07) is 75.3. The van der Waals surface area contributed by atoms with Crippen LogP contribution in [0.4, 0.5) is 0 Å². The molecule has 10 aromatic rings. The van der Waals surface area contributed by atoms with Crippen LogP contribution in [-0.4, -0.2) is 21.8 Å². The quantitative estimate of drug-likeness (QED) is 0.180. The van der Waals surface area contributed by atoms with E-state index in [4.69, 9.17) is 0 Å². The van der Waals surface area contributed by atoms with E-state index in [9.17, 15) is 19.8 Å². The molecule has 362 valence electrons. The van der Waals surface area contributed by atoms with E-state index in [-0.39, 0.29) is 11.6 Å². The third kappa shape index (κ3) is 9.91. The summed E-state index contributed by atoms with van der Waals surface area (Å²) in [5.41, 5.74) is 12.1. The first-order valence-electron chi connectivity index (χ1n) is 23.9. The molecule has 2 unspecified atom stereocenters. The van der Waals surface area contributed by atoms with Gasteiger partial charge in [0.15, 0.2) is 11.6 Å². The van der Waals surface area contributed by atoms with E-state index in [0.717, 1.165) is 62.4 Å². The van der Waals surface area contributed by atoms with Crippen LogP contribution < -0.4 is 0 Å². The summed E-state index contributed by atoms with van der Waals surface area (Å²) < 4.78 is 4.28. The summed E-state index contributed by atoms with van der Waals surface area (Å²) in [6.45, 7) is 3.93. The lowest BCUT2D eigenvalue weighted by molar-refractivity contribution is 0.0747. The van der Waals surface area contributed by atoms with Crippen molar-refractivity contribution in [1.82, 2.24) is 0 Å². The highest BCUT2D eigenvalue weighted by Crippen LogP contribution is 2.53. The maximum Gasteiger partial charge on any atom is 0.194 e. The van der Waals surface area contributed by atoms with Gasteiger partial charge < -0.3 is 10.2 Å². The Morgan fingerprint density at radius 3 is 0.973 bits per heavy atom. The van der Waals surface area contributed by atoms with E-state index in [1.807, 2.05) is 111 Å². The van der Waals surface area contributed by atoms with Crippen LogP contribution in [0.5, 0.6) is 0 Å². The molecule has 0 aliphatic heterocycles. The summed E-state index contributed by atoms with van der Waals surface area (Å²) in [6.07, 6.45) is 0. The number of halogens is 4. The second-order valence-electron chi connectivity index (χ2n) is 18.5. The highest BCUT2D eigenvalue weighted by molar-refractivity contribution is 9.11. The van der Waals surface area contributed by atoms with Crippen molar-refractivity contribution in [2.24, 2.45) is 0 Å². The van der Waals surface area contributed by atoms with E-state index in [1.54, 1.807) is 36.4 Å². The molecule has 8 heteroatoms. The van der Waals surface area contributed by atoms with Crippen molar-refractivity contribution in [3.05, 3.63) is 315 Å². The lowest BCUT2D eigenvalue weighted by Crippen LogP contribution is -2.44. The monoisotopic (exact) mass is 1220 g/mol. The normalized spacial score (nSPS) is 16.0. The number of rotatable bonds is 5. The van der Waals surface area contributed by atoms with Crippen molar-refractivity contribution in [3.63, 3.8) is 0 Å². The van der Waals surface area contributed by atoms with Crippen LogP contribution in [-0.2, 0) is 11.2 Å². The Bertz CT molecular complexity index is 3660. The van der Waals surface area contributed by atoms with Gasteiger partial charge in [-0.1, -0.05) is 251 Å². The zero-order chi connectivity index (χ0) is 51.7. The van der Waals surface area contributed by atoms with E-state index in [2.05, 4.69) is 161 Å². The molecular weight excluding hydrogens is 1180 g/mol. The first kappa shape index (κ1) is 50.9. The summed E-state index contributed by atoms with van der Waals surface area (Å²) in [7, 11) is 0. The summed E-state index contributed by atoms with van der Waals surface area (Å²) in [5, 5.41) is 25.7. The van der Waals surface area contributed by atoms with E-state index in [0.29, 0.717) is 44.5 Å². The van der Waals surface area contributed by atoms with Gasteiger partial charge in [-0.15, -0.1) is 0 Å². The van der Waals surface area contributed by atoms with Crippen LogP contribution in [0.3, 0.4) is 0 Å². The fourth-order valence-corrected chi connectivity index (χ4v) is 10.9. The van der Waals surface area contributed by atoms with Crippen LogP contribution in [0.15, 0.2) is 248 Å². The van der Waals surface area contributed by atoms with Crippen molar-refractivity contribution in [3.8, 4) is 33.4 Å². The molecule has 4 nitrogen and oxygen atoms in total. The van der Waals surface area contributed by atoms with Gasteiger partial charge in [0.05, 0.1) is 0 Å². The number of benzene rings is 10. The number of carbonyl (C=O) groups excluding carboxylic acids is 2. The fourth-order valence-electron chi connectivity index (χ4n) is 9.89. The largest absolute Gasteiger partial charge is 0.376 e. The SMILES string of the molecule is Brc1ccc(-c2ccc(Br)cc2)cc1.Cc1ccc2c(c1)C(=O)c1ccccc1C2=O.Cc1ccc2c(c1)C(O)(c1ccc(-c3ccc(Br)cc3)cc1)c1ccccc1C2(O)c1ccc(-c2ccc(Br)cc2)cc1. The minimum atomic E-state index is -1.46. The second kappa shape index (κ2) is 21.3. The van der Waals surface area contributed by atoms with Crippen molar-refractivity contribution in [1.29, 1.82) is 0 Å². The Balaban J connectivity index is 0.000000163. The maximum absolute atomic E-state index is 12.8. The highest BCUT2D eigenvalue weighted by Gasteiger charge is 2.51. The molecule has 2 atom stereocenters. The molecule has 0 saturated heterocycles. The molecule has 12 rings (SSSR count). The Kier molecular flexibility index (Phi) is 14.7. The number of ketones is 2. The molecule has 74 heavy (non-hydrogen) atoms. The van der Waals surface area contributed by atoms with Crippen LogP contribution in [0.2, 0.25) is 0 Å². The van der Waals surface area contributed by atoms with Gasteiger partial charge in [0, 0.05) is 40.1 Å². The average molecular weight is 1220 g/mol. The first-order chi connectivity index (χ1) is 35.7. The molecule has 0 radical (unpaired) electrons. The first-order valence-corrected chi connectivity index (χ1v) is 27.1. The predicted octanol–water partition coefficient (Wildman–Crippen LogP) is 17.4. The van der Waals surface area contributed by atoms with Gasteiger partial charge in [-0.3, -0.25) is 9.59 Å². The van der Waals surface area contributed by atoms with Crippen LogP contribution in [0, 0.1) is 13.8 Å². The minimum absolute atomic E-state index is 0.0566. The van der Waals surface area contributed by atoms with Crippen LogP contribution >= 0.6 is 63.7 Å². The fraction of sp³-hybridized carbons (Fsp3) is 0.0606. The lowest BCUT2D eigenvalue weighted by Gasteiger charge is -2.45. The number of fused-ring (bicyclic) bond motifs is 4. The zero-order valence-electron chi connectivity index (χ0n) is 40.2. The molecule has 0 spiro atoms. The molecule has 0 heterocycles. The second-order valence-corrected chi connectivity index (χ2v) is 22.1. The van der Waals surface area contributed by atoms with Crippen molar-refractivity contribution >= 4 is 75.3 Å². The van der Waals surface area contributed by atoms with Crippen LogP contribution in [0.25, 0.3) is 33.4 Å². The summed E-state index contributed by atoms with van der Waals surface area (Å²) in [4.78, 5) is 24.5. The molecule has 0 amide bonds. The minimum Gasteiger partial charge on any atom is -0.376 e. The van der Waals surface area contributed by atoms with Crippen LogP contribution in [0.1, 0.15) is 76.4 Å².